The van der Waals surface area contributed by atoms with Gasteiger partial charge in [0, 0.05) is 0 Å². The van der Waals surface area contributed by atoms with Gasteiger partial charge in [0.25, 0.3) is 0 Å². The summed E-state index contributed by atoms with van der Waals surface area (Å²) in [6, 6.07) is 0. The molecule has 0 aromatic carbocycles. The molecule has 0 aliphatic heterocycles. The zero-order valence-electron chi connectivity index (χ0n) is 14.7. The summed E-state index contributed by atoms with van der Waals surface area (Å²) < 4.78 is 0. The highest BCUT2D eigenvalue weighted by atomic mass is 14.6. The van der Waals surface area contributed by atoms with Crippen LogP contribution >= 0.6 is 0 Å². The zero-order chi connectivity index (χ0) is 14.7. The Morgan fingerprint density at radius 2 is 1.25 bits per heavy atom. The topological polar surface area (TPSA) is 0 Å². The third-order valence-corrected chi connectivity index (χ3v) is 8.57. The lowest BCUT2D eigenvalue weighted by Crippen LogP contribution is -2.54. The van der Waals surface area contributed by atoms with Gasteiger partial charge in [-0.05, 0) is 84.9 Å². The van der Waals surface area contributed by atoms with Crippen molar-refractivity contribution in [1.82, 2.24) is 0 Å². The van der Waals surface area contributed by atoms with Crippen LogP contribution in [0.5, 0.6) is 0 Å². The second-order valence-corrected chi connectivity index (χ2v) is 9.48. The van der Waals surface area contributed by atoms with Crippen molar-refractivity contribution in [1.29, 1.82) is 0 Å². The molecule has 0 amide bonds. The maximum Gasteiger partial charge on any atom is -0.0295 e. The van der Waals surface area contributed by atoms with Gasteiger partial charge in [-0.2, -0.15) is 0 Å². The molecule has 0 radical (unpaired) electrons. The lowest BCUT2D eigenvalue weighted by atomic mass is 9.44. The molecule has 0 N–H and O–H groups in total. The molecule has 0 saturated heterocycles. The number of fused-ring (bicyclic) bond motifs is 4. The van der Waals surface area contributed by atoms with E-state index in [-0.39, 0.29) is 0 Å². The first-order valence-corrected chi connectivity index (χ1v) is 9.32. The molecule has 0 aromatic heterocycles. The Kier molecular flexibility index (Phi) is 3.75. The molecule has 5 rings (SSSR count). The number of rotatable bonds is 0. The molecule has 0 spiro atoms. The van der Waals surface area contributed by atoms with Crippen LogP contribution in [0.25, 0.3) is 0 Å². The van der Waals surface area contributed by atoms with Crippen molar-refractivity contribution in [2.45, 2.75) is 73.6 Å². The molecule has 5 saturated carbocycles. The summed E-state index contributed by atoms with van der Waals surface area (Å²) in [4.78, 5) is 0. The Balaban J connectivity index is 0.000000123. The molecule has 0 heteroatoms. The zero-order valence-corrected chi connectivity index (χ0v) is 14.7. The highest BCUT2D eigenvalue weighted by Crippen LogP contribution is 2.62. The van der Waals surface area contributed by atoms with Crippen LogP contribution < -0.4 is 0 Å². The van der Waals surface area contributed by atoms with Gasteiger partial charge in [-0.3, -0.25) is 0 Å². The van der Waals surface area contributed by atoms with E-state index in [2.05, 4.69) is 41.5 Å². The second-order valence-electron chi connectivity index (χ2n) is 9.48. The normalized spacial score (nSPS) is 54.9. The van der Waals surface area contributed by atoms with Crippen LogP contribution in [0.2, 0.25) is 0 Å². The second kappa shape index (κ2) is 5.03. The van der Waals surface area contributed by atoms with Crippen LogP contribution in [0.1, 0.15) is 73.6 Å². The predicted molar refractivity (Wildman–Crippen MR) is 87.5 cm³/mol. The Morgan fingerprint density at radius 1 is 0.700 bits per heavy atom. The molecule has 5 fully saturated rings. The molecule has 4 bridgehead atoms. The fourth-order valence-electron chi connectivity index (χ4n) is 6.27. The van der Waals surface area contributed by atoms with Gasteiger partial charge >= 0.3 is 0 Å². The van der Waals surface area contributed by atoms with E-state index in [1.165, 1.54) is 25.7 Å². The van der Waals surface area contributed by atoms with Gasteiger partial charge in [-0.1, -0.05) is 41.5 Å². The maximum atomic E-state index is 2.47. The van der Waals surface area contributed by atoms with Crippen LogP contribution in [0, 0.1) is 52.8 Å². The first-order chi connectivity index (χ1) is 9.32. The third kappa shape index (κ3) is 2.17. The van der Waals surface area contributed by atoms with Crippen molar-refractivity contribution in [3.05, 3.63) is 0 Å². The lowest BCUT2D eigenvalue weighted by molar-refractivity contribution is -0.124. The lowest BCUT2D eigenvalue weighted by Gasteiger charge is -2.61. The minimum atomic E-state index is 0.686. The Morgan fingerprint density at radius 3 is 1.55 bits per heavy atom. The highest BCUT2D eigenvalue weighted by molar-refractivity contribution is 5.03. The van der Waals surface area contributed by atoms with Crippen LogP contribution in [-0.2, 0) is 0 Å². The van der Waals surface area contributed by atoms with Gasteiger partial charge in [-0.25, -0.2) is 0 Å². The van der Waals surface area contributed by atoms with E-state index in [9.17, 15) is 0 Å². The van der Waals surface area contributed by atoms with Gasteiger partial charge in [0.05, 0.1) is 0 Å². The van der Waals surface area contributed by atoms with Gasteiger partial charge in [0.1, 0.15) is 0 Å². The van der Waals surface area contributed by atoms with E-state index in [4.69, 9.17) is 0 Å². The van der Waals surface area contributed by atoms with E-state index in [0.29, 0.717) is 5.41 Å². The smallest absolute Gasteiger partial charge is 0.0295 e. The molecule has 20 heavy (non-hydrogen) atoms. The minimum Gasteiger partial charge on any atom is -0.0622 e. The summed E-state index contributed by atoms with van der Waals surface area (Å²) >= 11 is 0. The first-order valence-electron chi connectivity index (χ1n) is 9.32. The van der Waals surface area contributed by atoms with E-state index >= 15 is 0 Å². The molecular weight excluding hydrogens is 240 g/mol. The SMILES string of the molecule is C[C@@H]1[C@@H](C)C[C@H]2C[C@@H]1C2(C)C.C[C@H]1[C@@H]2CC[C@@H](C2)[C@@H]1C. The van der Waals surface area contributed by atoms with Crippen LogP contribution in [0.3, 0.4) is 0 Å². The van der Waals surface area contributed by atoms with E-state index in [1.54, 1.807) is 6.42 Å². The van der Waals surface area contributed by atoms with Crippen molar-refractivity contribution in [3.63, 3.8) is 0 Å². The van der Waals surface area contributed by atoms with Gasteiger partial charge in [0.15, 0.2) is 0 Å². The summed E-state index contributed by atoms with van der Waals surface area (Å²) in [5, 5.41) is 0. The summed E-state index contributed by atoms with van der Waals surface area (Å²) in [6.07, 6.45) is 7.65. The molecule has 5 aliphatic carbocycles. The molecule has 5 aliphatic rings. The van der Waals surface area contributed by atoms with Crippen LogP contribution in [-0.4, -0.2) is 0 Å². The van der Waals surface area contributed by atoms with E-state index < -0.39 is 0 Å². The van der Waals surface area contributed by atoms with Crippen LogP contribution in [0.4, 0.5) is 0 Å². The highest BCUT2D eigenvalue weighted by Gasteiger charge is 2.54. The summed E-state index contributed by atoms with van der Waals surface area (Å²) in [7, 11) is 0. The quantitative estimate of drug-likeness (QED) is 0.508. The van der Waals surface area contributed by atoms with Crippen molar-refractivity contribution in [2.24, 2.45) is 52.8 Å². The largest absolute Gasteiger partial charge is 0.0622 e. The fraction of sp³-hybridized carbons (Fsp3) is 1.00. The molecule has 0 unspecified atom stereocenters. The summed E-state index contributed by atoms with van der Waals surface area (Å²) in [6.45, 7) is 14.7. The summed E-state index contributed by atoms with van der Waals surface area (Å²) in [5.74, 6) is 8.39. The van der Waals surface area contributed by atoms with Crippen molar-refractivity contribution < 1.29 is 0 Å². The fourth-order valence-corrected chi connectivity index (χ4v) is 6.27. The maximum absolute atomic E-state index is 2.47. The Bertz CT molecular complexity index is 337. The molecule has 0 nitrogen and oxygen atoms in total. The van der Waals surface area contributed by atoms with Crippen LogP contribution in [0.15, 0.2) is 0 Å². The van der Waals surface area contributed by atoms with E-state index in [1.807, 2.05) is 0 Å². The molecule has 0 aromatic rings. The number of hydrogen-bond donors (Lipinski definition) is 0. The van der Waals surface area contributed by atoms with Gasteiger partial charge in [-0.15, -0.1) is 0 Å². The monoisotopic (exact) mass is 276 g/mol. The predicted octanol–water partition coefficient (Wildman–Crippen LogP) is 6.01. The van der Waals surface area contributed by atoms with Gasteiger partial charge in [0.2, 0.25) is 0 Å². The number of hydrogen-bond acceptors (Lipinski definition) is 0. The standard InChI is InChI=1S/C11H20.C9H16/c1-7-5-9-6-10(8(7)2)11(9,3)4;1-6-7(2)9-4-3-8(6)5-9/h7-10H,5-6H2,1-4H3;6-9H,3-5H2,1-2H3/t7-,8+,9-,10-;6-,7-,8-,9+/m01/s1. The van der Waals surface area contributed by atoms with Gasteiger partial charge < -0.3 is 0 Å². The average Bonchev–Trinajstić information content (AvgIpc) is 2.97. The third-order valence-electron chi connectivity index (χ3n) is 8.57. The minimum absolute atomic E-state index is 0.686. The Labute approximate surface area is 127 Å². The first kappa shape index (κ1) is 14.9. The molecule has 116 valence electrons. The molecular formula is C20H36. The summed E-state index contributed by atoms with van der Waals surface area (Å²) in [5.41, 5.74) is 0.686. The van der Waals surface area contributed by atoms with Crippen molar-refractivity contribution in [2.75, 3.05) is 0 Å². The molecule has 0 heterocycles. The Hall–Kier alpha value is 0. The average molecular weight is 277 g/mol. The molecule has 8 atom stereocenters. The van der Waals surface area contributed by atoms with E-state index in [0.717, 1.165) is 47.3 Å². The van der Waals surface area contributed by atoms with Crippen molar-refractivity contribution >= 4 is 0 Å². The van der Waals surface area contributed by atoms with Crippen molar-refractivity contribution in [3.8, 4) is 0 Å².